The van der Waals surface area contributed by atoms with Crippen LogP contribution in [0.2, 0.25) is 0 Å². The van der Waals surface area contributed by atoms with E-state index in [9.17, 15) is 0 Å². The van der Waals surface area contributed by atoms with Crippen molar-refractivity contribution in [3.8, 4) is 17.1 Å². The van der Waals surface area contributed by atoms with Gasteiger partial charge in [-0.2, -0.15) is 0 Å². The lowest BCUT2D eigenvalue weighted by Crippen LogP contribution is -2.29. The zero-order valence-corrected chi connectivity index (χ0v) is 13.9. The Hall–Kier alpha value is -2.52. The van der Waals surface area contributed by atoms with Crippen LogP contribution >= 0.6 is 0 Å². The molecule has 1 aliphatic heterocycles. The van der Waals surface area contributed by atoms with Crippen molar-refractivity contribution in [2.24, 2.45) is 0 Å². The minimum atomic E-state index is 0.865. The van der Waals surface area contributed by atoms with Crippen molar-refractivity contribution in [2.45, 2.75) is 19.5 Å². The summed E-state index contributed by atoms with van der Waals surface area (Å²) in [5.74, 6) is 2.91. The molecule has 0 radical (unpaired) electrons. The summed E-state index contributed by atoms with van der Waals surface area (Å²) in [7, 11) is 1.68. The molecule has 24 heavy (non-hydrogen) atoms. The number of benzene rings is 2. The largest absolute Gasteiger partial charge is 0.497 e. The topological polar surface area (TPSA) is 25.6 Å². The second-order valence-electron chi connectivity index (χ2n) is 6.23. The van der Waals surface area contributed by atoms with Gasteiger partial charge in [-0.3, -0.25) is 4.90 Å². The maximum atomic E-state index is 6.15. The molecule has 2 heterocycles. The van der Waals surface area contributed by atoms with Crippen LogP contribution in [0.1, 0.15) is 16.9 Å². The van der Waals surface area contributed by atoms with Crippen molar-refractivity contribution in [2.75, 3.05) is 13.7 Å². The van der Waals surface area contributed by atoms with Crippen molar-refractivity contribution >= 4 is 0 Å². The fourth-order valence-corrected chi connectivity index (χ4v) is 3.25. The number of fused-ring (bicyclic) bond motifs is 1. The van der Waals surface area contributed by atoms with Crippen LogP contribution in [-0.4, -0.2) is 18.6 Å². The Bertz CT molecular complexity index is 806. The summed E-state index contributed by atoms with van der Waals surface area (Å²) in [6.07, 6.45) is 1.04. The third-order valence-corrected chi connectivity index (χ3v) is 4.58. The molecule has 0 fully saturated rings. The van der Waals surface area contributed by atoms with Crippen LogP contribution in [0.25, 0.3) is 11.3 Å². The van der Waals surface area contributed by atoms with Crippen LogP contribution in [0.5, 0.6) is 5.75 Å². The molecule has 0 N–H and O–H groups in total. The Morgan fingerprint density at radius 3 is 2.58 bits per heavy atom. The third-order valence-electron chi connectivity index (χ3n) is 4.58. The van der Waals surface area contributed by atoms with Crippen molar-refractivity contribution in [1.29, 1.82) is 0 Å². The molecule has 122 valence electrons. The van der Waals surface area contributed by atoms with Gasteiger partial charge in [-0.05, 0) is 47.9 Å². The lowest BCUT2D eigenvalue weighted by molar-refractivity contribution is 0.222. The van der Waals surface area contributed by atoms with Gasteiger partial charge in [0.1, 0.15) is 17.3 Å². The summed E-state index contributed by atoms with van der Waals surface area (Å²) >= 11 is 0. The number of furan rings is 1. The van der Waals surface area contributed by atoms with Crippen LogP contribution in [0.3, 0.4) is 0 Å². The molecule has 3 aromatic rings. The molecule has 1 aromatic heterocycles. The number of hydrogen-bond donors (Lipinski definition) is 0. The van der Waals surface area contributed by atoms with Crippen molar-refractivity contribution < 1.29 is 9.15 Å². The highest BCUT2D eigenvalue weighted by molar-refractivity contribution is 5.60. The average molecular weight is 319 g/mol. The first-order chi connectivity index (χ1) is 11.8. The Labute approximate surface area is 142 Å². The Morgan fingerprint density at radius 2 is 1.83 bits per heavy atom. The van der Waals surface area contributed by atoms with Gasteiger partial charge in [0.2, 0.25) is 0 Å². The molecule has 0 saturated carbocycles. The minimum absolute atomic E-state index is 0.865. The van der Waals surface area contributed by atoms with Crippen LogP contribution in [-0.2, 0) is 19.5 Å². The van der Waals surface area contributed by atoms with Crippen molar-refractivity contribution in [3.05, 3.63) is 77.6 Å². The first kappa shape index (κ1) is 15.0. The molecule has 3 heteroatoms. The molecule has 0 aliphatic carbocycles. The smallest absolute Gasteiger partial charge is 0.134 e. The zero-order valence-electron chi connectivity index (χ0n) is 13.9. The molecule has 0 atom stereocenters. The van der Waals surface area contributed by atoms with E-state index < -0.39 is 0 Å². The summed E-state index contributed by atoms with van der Waals surface area (Å²) < 4.78 is 11.4. The number of methoxy groups -OCH3 is 1. The second-order valence-corrected chi connectivity index (χ2v) is 6.23. The lowest BCUT2D eigenvalue weighted by Gasteiger charge is -2.25. The van der Waals surface area contributed by atoms with Gasteiger partial charge in [0.05, 0.1) is 13.7 Å². The minimum Gasteiger partial charge on any atom is -0.497 e. The first-order valence-electron chi connectivity index (χ1n) is 8.34. The average Bonchev–Trinajstić information content (AvgIpc) is 3.06. The van der Waals surface area contributed by atoms with Gasteiger partial charge in [0, 0.05) is 18.7 Å². The van der Waals surface area contributed by atoms with Crippen LogP contribution < -0.4 is 4.74 Å². The van der Waals surface area contributed by atoms with E-state index >= 15 is 0 Å². The van der Waals surface area contributed by atoms with E-state index in [4.69, 9.17) is 9.15 Å². The molecular formula is C21H21NO2. The number of ether oxygens (including phenoxy) is 1. The van der Waals surface area contributed by atoms with Crippen molar-refractivity contribution in [1.82, 2.24) is 4.90 Å². The van der Waals surface area contributed by atoms with Gasteiger partial charge in [-0.15, -0.1) is 0 Å². The second kappa shape index (κ2) is 6.54. The number of hydrogen-bond acceptors (Lipinski definition) is 3. The van der Waals surface area contributed by atoms with Gasteiger partial charge >= 0.3 is 0 Å². The molecule has 0 bridgehead atoms. The van der Waals surface area contributed by atoms with E-state index in [2.05, 4.69) is 41.3 Å². The predicted octanol–water partition coefficient (Wildman–Crippen LogP) is 4.51. The molecule has 3 nitrogen and oxygen atoms in total. The molecule has 0 spiro atoms. The SMILES string of the molecule is COc1ccc(-c2cc3c(o2)CN(Cc2ccccc2)CC3)cc1. The van der Waals surface area contributed by atoms with E-state index in [0.29, 0.717) is 0 Å². The molecule has 0 unspecified atom stereocenters. The fourth-order valence-electron chi connectivity index (χ4n) is 3.25. The van der Waals surface area contributed by atoms with Gasteiger partial charge in [-0.1, -0.05) is 30.3 Å². The Morgan fingerprint density at radius 1 is 1.04 bits per heavy atom. The summed E-state index contributed by atoms with van der Waals surface area (Å²) in [6, 6.07) is 20.8. The van der Waals surface area contributed by atoms with E-state index in [1.165, 1.54) is 11.1 Å². The molecule has 4 rings (SSSR count). The van der Waals surface area contributed by atoms with Crippen LogP contribution in [0.15, 0.2) is 65.1 Å². The highest BCUT2D eigenvalue weighted by Gasteiger charge is 2.21. The van der Waals surface area contributed by atoms with Crippen molar-refractivity contribution in [3.63, 3.8) is 0 Å². The van der Waals surface area contributed by atoms with Crippen LogP contribution in [0.4, 0.5) is 0 Å². The van der Waals surface area contributed by atoms with Gasteiger partial charge in [-0.25, -0.2) is 0 Å². The van der Waals surface area contributed by atoms with E-state index in [1.54, 1.807) is 7.11 Å². The summed E-state index contributed by atoms with van der Waals surface area (Å²) in [6.45, 7) is 2.92. The normalized spacial score (nSPS) is 14.4. The maximum absolute atomic E-state index is 6.15. The van der Waals surface area contributed by atoms with Gasteiger partial charge < -0.3 is 9.15 Å². The highest BCUT2D eigenvalue weighted by Crippen LogP contribution is 2.30. The first-order valence-corrected chi connectivity index (χ1v) is 8.34. The molecule has 0 saturated heterocycles. The fraction of sp³-hybridized carbons (Fsp3) is 0.238. The van der Waals surface area contributed by atoms with E-state index in [-0.39, 0.29) is 0 Å². The van der Waals surface area contributed by atoms with Gasteiger partial charge in [0.25, 0.3) is 0 Å². The monoisotopic (exact) mass is 319 g/mol. The summed E-state index contributed by atoms with van der Waals surface area (Å²) in [5, 5.41) is 0. The molecular weight excluding hydrogens is 298 g/mol. The quantitative estimate of drug-likeness (QED) is 0.707. The number of nitrogens with zero attached hydrogens (tertiary/aromatic N) is 1. The standard InChI is InChI=1S/C21H21NO2/c1-23-19-9-7-17(8-10-19)20-13-18-11-12-22(15-21(18)24-20)14-16-5-3-2-4-6-16/h2-10,13H,11-12,14-15H2,1H3. The molecule has 2 aromatic carbocycles. The lowest BCUT2D eigenvalue weighted by atomic mass is 10.1. The molecule has 1 aliphatic rings. The Balaban J connectivity index is 1.51. The summed E-state index contributed by atoms with van der Waals surface area (Å²) in [4.78, 5) is 2.44. The highest BCUT2D eigenvalue weighted by atomic mass is 16.5. The third kappa shape index (κ3) is 3.08. The predicted molar refractivity (Wildman–Crippen MR) is 95.0 cm³/mol. The maximum Gasteiger partial charge on any atom is 0.134 e. The zero-order chi connectivity index (χ0) is 16.4. The van der Waals surface area contributed by atoms with E-state index in [0.717, 1.165) is 48.9 Å². The Kier molecular flexibility index (Phi) is 4.09. The number of rotatable bonds is 4. The summed E-state index contributed by atoms with van der Waals surface area (Å²) in [5.41, 5.74) is 3.79. The molecule has 0 amide bonds. The van der Waals surface area contributed by atoms with Crippen LogP contribution in [0, 0.1) is 0 Å². The van der Waals surface area contributed by atoms with Gasteiger partial charge in [0.15, 0.2) is 0 Å². The van der Waals surface area contributed by atoms with E-state index in [1.807, 2.05) is 24.3 Å².